The predicted molar refractivity (Wildman–Crippen MR) is 108 cm³/mol. The number of halogens is 1. The molecule has 152 valence electrons. The molecule has 2 N–H and O–H groups in total. The second-order valence-electron chi connectivity index (χ2n) is 7.72. The van der Waals surface area contributed by atoms with E-state index in [1.54, 1.807) is 17.0 Å². The molecular weight excluding hydrogens is 371 g/mol. The molecular formula is C22H25FN4O2. The van der Waals surface area contributed by atoms with Crippen molar-refractivity contribution in [2.45, 2.75) is 38.5 Å². The Balaban J connectivity index is 1.38. The molecule has 1 saturated heterocycles. The van der Waals surface area contributed by atoms with Gasteiger partial charge in [0.25, 0.3) is 5.91 Å². The van der Waals surface area contributed by atoms with Crippen molar-refractivity contribution < 1.29 is 14.3 Å². The number of piperidine rings is 1. The number of amides is 1. The fraction of sp³-hybridized carbons (Fsp3) is 0.364. The van der Waals surface area contributed by atoms with Gasteiger partial charge in [0.1, 0.15) is 11.5 Å². The molecule has 2 aromatic heterocycles. The molecule has 29 heavy (non-hydrogen) atoms. The molecule has 0 spiro atoms. The number of imidazole rings is 1. The van der Waals surface area contributed by atoms with Crippen LogP contribution in [-0.4, -0.2) is 44.0 Å². The van der Waals surface area contributed by atoms with Gasteiger partial charge in [-0.25, -0.2) is 9.37 Å². The summed E-state index contributed by atoms with van der Waals surface area (Å²) in [7, 11) is 0. The molecule has 1 amide bonds. The minimum atomic E-state index is -1.44. The number of aryl methyl sites for hydroxylation is 1. The Morgan fingerprint density at radius 2 is 2.03 bits per heavy atom. The van der Waals surface area contributed by atoms with Gasteiger partial charge in [0, 0.05) is 38.1 Å². The van der Waals surface area contributed by atoms with Crippen molar-refractivity contribution in [2.24, 2.45) is 0 Å². The van der Waals surface area contributed by atoms with Crippen LogP contribution in [0.15, 0.2) is 48.7 Å². The van der Waals surface area contributed by atoms with Crippen molar-refractivity contribution in [3.8, 4) is 0 Å². The minimum absolute atomic E-state index is 0.165. The average Bonchev–Trinajstić information content (AvgIpc) is 3.12. The summed E-state index contributed by atoms with van der Waals surface area (Å²) in [5.74, 6) is -0.590. The number of carbonyl (C=O) groups excluding carboxylic acids is 1. The summed E-state index contributed by atoms with van der Waals surface area (Å²) in [4.78, 5) is 19.1. The highest BCUT2D eigenvalue weighted by molar-refractivity contribution is 5.86. The Labute approximate surface area is 169 Å². The number of hydrogen-bond acceptors (Lipinski definition) is 4. The molecule has 0 bridgehead atoms. The number of carbonyl (C=O) groups is 1. The van der Waals surface area contributed by atoms with Crippen molar-refractivity contribution in [1.29, 1.82) is 0 Å². The van der Waals surface area contributed by atoms with Crippen LogP contribution >= 0.6 is 0 Å². The molecule has 7 heteroatoms. The van der Waals surface area contributed by atoms with E-state index in [-0.39, 0.29) is 18.3 Å². The Hall–Kier alpha value is -2.77. The maximum atomic E-state index is 13.1. The summed E-state index contributed by atoms with van der Waals surface area (Å²) in [5.41, 5.74) is 2.23. The molecule has 3 heterocycles. The lowest BCUT2D eigenvalue weighted by Gasteiger charge is -2.38. The first-order valence-corrected chi connectivity index (χ1v) is 9.85. The molecule has 1 fully saturated rings. The molecule has 0 aliphatic carbocycles. The van der Waals surface area contributed by atoms with Gasteiger partial charge >= 0.3 is 0 Å². The van der Waals surface area contributed by atoms with Crippen LogP contribution in [0.2, 0.25) is 0 Å². The topological polar surface area (TPSA) is 69.9 Å². The molecule has 0 saturated carbocycles. The van der Waals surface area contributed by atoms with Gasteiger partial charge in [-0.1, -0.05) is 18.2 Å². The quantitative estimate of drug-likeness (QED) is 0.672. The van der Waals surface area contributed by atoms with Crippen LogP contribution in [0.3, 0.4) is 0 Å². The molecule has 3 aromatic rings. The lowest BCUT2D eigenvalue weighted by atomic mass is 9.91. The second kappa shape index (κ2) is 7.93. The number of pyridine rings is 1. The summed E-state index contributed by atoms with van der Waals surface area (Å²) in [6.07, 6.45) is 3.10. The van der Waals surface area contributed by atoms with Crippen molar-refractivity contribution in [3.05, 3.63) is 71.4 Å². The number of aromatic nitrogens is 2. The van der Waals surface area contributed by atoms with Crippen LogP contribution in [0.5, 0.6) is 0 Å². The number of hydrogen-bond donors (Lipinski definition) is 2. The summed E-state index contributed by atoms with van der Waals surface area (Å²) in [6.45, 7) is 3.61. The molecule has 1 atom stereocenters. The van der Waals surface area contributed by atoms with Gasteiger partial charge in [0.05, 0.1) is 5.69 Å². The first kappa shape index (κ1) is 19.5. The maximum Gasteiger partial charge on any atom is 0.256 e. The summed E-state index contributed by atoms with van der Waals surface area (Å²) >= 11 is 0. The molecule has 1 aromatic carbocycles. The highest BCUT2D eigenvalue weighted by Gasteiger charge is 2.41. The van der Waals surface area contributed by atoms with Gasteiger partial charge in [-0.2, -0.15) is 0 Å². The smallest absolute Gasteiger partial charge is 0.256 e. The zero-order chi connectivity index (χ0) is 20.4. The third-order valence-corrected chi connectivity index (χ3v) is 5.46. The van der Waals surface area contributed by atoms with E-state index in [0.717, 1.165) is 29.0 Å². The second-order valence-corrected chi connectivity index (χ2v) is 7.72. The van der Waals surface area contributed by atoms with E-state index in [2.05, 4.69) is 10.3 Å². The summed E-state index contributed by atoms with van der Waals surface area (Å²) < 4.78 is 15.1. The zero-order valence-electron chi connectivity index (χ0n) is 16.4. The summed E-state index contributed by atoms with van der Waals surface area (Å²) in [6, 6.07) is 12.0. The zero-order valence-corrected chi connectivity index (χ0v) is 16.4. The molecule has 0 radical (unpaired) electrons. The minimum Gasteiger partial charge on any atom is -0.379 e. The summed E-state index contributed by atoms with van der Waals surface area (Å²) in [5, 5.41) is 14.1. The van der Waals surface area contributed by atoms with Gasteiger partial charge in [-0.3, -0.25) is 4.79 Å². The van der Waals surface area contributed by atoms with E-state index in [4.69, 9.17) is 0 Å². The fourth-order valence-electron chi connectivity index (χ4n) is 3.87. The Morgan fingerprint density at radius 3 is 2.79 bits per heavy atom. The Bertz CT molecular complexity index is 1020. The number of aliphatic hydroxyl groups is 1. The van der Waals surface area contributed by atoms with Crippen LogP contribution in [-0.2, 0) is 17.9 Å². The molecule has 1 aliphatic rings. The van der Waals surface area contributed by atoms with E-state index in [9.17, 15) is 14.3 Å². The Morgan fingerprint density at radius 1 is 1.24 bits per heavy atom. The van der Waals surface area contributed by atoms with E-state index in [0.29, 0.717) is 26.1 Å². The predicted octanol–water partition coefficient (Wildman–Crippen LogP) is 2.43. The van der Waals surface area contributed by atoms with Crippen LogP contribution < -0.4 is 5.32 Å². The normalized spacial score (nSPS) is 19.8. The van der Waals surface area contributed by atoms with E-state index >= 15 is 0 Å². The standard InChI is InChI=1S/C22H25FN4O2/c1-16-4-2-5-20-25-19(14-27(16)20)12-24-15-22(29)10-3-11-26(21(22)28)13-17-6-8-18(23)9-7-17/h2,4-9,14,24,29H,3,10-13,15H2,1H3/t22-/m1/s1. The first-order chi connectivity index (χ1) is 13.9. The lowest BCUT2D eigenvalue weighted by Crippen LogP contribution is -2.57. The van der Waals surface area contributed by atoms with E-state index in [1.807, 2.05) is 35.7 Å². The third kappa shape index (κ3) is 4.16. The van der Waals surface area contributed by atoms with Crippen LogP contribution in [0.25, 0.3) is 5.65 Å². The van der Waals surface area contributed by atoms with Crippen molar-refractivity contribution >= 4 is 11.6 Å². The van der Waals surface area contributed by atoms with Gasteiger partial charge in [-0.05, 0) is 49.6 Å². The number of nitrogens with zero attached hydrogens (tertiary/aromatic N) is 3. The average molecular weight is 396 g/mol. The number of nitrogens with one attached hydrogen (secondary N) is 1. The highest BCUT2D eigenvalue weighted by atomic mass is 19.1. The fourth-order valence-corrected chi connectivity index (χ4v) is 3.87. The number of rotatable bonds is 6. The van der Waals surface area contributed by atoms with Crippen LogP contribution in [0.4, 0.5) is 4.39 Å². The molecule has 1 aliphatic heterocycles. The van der Waals surface area contributed by atoms with E-state index < -0.39 is 5.60 Å². The molecule has 0 unspecified atom stereocenters. The van der Waals surface area contributed by atoms with E-state index in [1.165, 1.54) is 12.1 Å². The van der Waals surface area contributed by atoms with Crippen molar-refractivity contribution in [3.63, 3.8) is 0 Å². The van der Waals surface area contributed by atoms with Gasteiger partial charge in [0.15, 0.2) is 5.60 Å². The number of benzene rings is 1. The SMILES string of the molecule is Cc1cccc2nc(CNC[C@]3(O)CCCN(Cc4ccc(F)cc4)C3=O)cn12. The molecule has 4 rings (SSSR count). The van der Waals surface area contributed by atoms with Crippen LogP contribution in [0, 0.1) is 12.7 Å². The number of likely N-dealkylation sites (tertiary alicyclic amines) is 1. The largest absolute Gasteiger partial charge is 0.379 e. The van der Waals surface area contributed by atoms with Crippen LogP contribution in [0.1, 0.15) is 29.8 Å². The van der Waals surface area contributed by atoms with Crippen molar-refractivity contribution in [1.82, 2.24) is 19.6 Å². The van der Waals surface area contributed by atoms with Gasteiger partial charge < -0.3 is 19.7 Å². The van der Waals surface area contributed by atoms with Gasteiger partial charge in [-0.15, -0.1) is 0 Å². The maximum absolute atomic E-state index is 13.1. The first-order valence-electron chi connectivity index (χ1n) is 9.85. The Kier molecular flexibility index (Phi) is 5.34. The molecule has 6 nitrogen and oxygen atoms in total. The monoisotopic (exact) mass is 396 g/mol. The third-order valence-electron chi connectivity index (χ3n) is 5.46. The van der Waals surface area contributed by atoms with Crippen molar-refractivity contribution in [2.75, 3.05) is 13.1 Å². The van der Waals surface area contributed by atoms with Gasteiger partial charge in [0.2, 0.25) is 0 Å². The highest BCUT2D eigenvalue weighted by Crippen LogP contribution is 2.24. The number of fused-ring (bicyclic) bond motifs is 1. The lowest BCUT2D eigenvalue weighted by molar-refractivity contribution is -0.157.